The van der Waals surface area contributed by atoms with Crippen molar-refractivity contribution >= 4 is 5.96 Å². The Morgan fingerprint density at radius 1 is 1.38 bits per heavy atom. The molecule has 7 nitrogen and oxygen atoms in total. The Morgan fingerprint density at radius 2 is 2.19 bits per heavy atom. The van der Waals surface area contributed by atoms with Crippen molar-refractivity contribution in [3.05, 3.63) is 24.2 Å². The van der Waals surface area contributed by atoms with E-state index in [2.05, 4.69) is 22.0 Å². The number of aliphatic hydroxyl groups is 1. The van der Waals surface area contributed by atoms with Gasteiger partial charge >= 0.3 is 0 Å². The molecule has 1 aromatic rings. The van der Waals surface area contributed by atoms with Gasteiger partial charge in [0.2, 0.25) is 0 Å². The SMILES string of the molecule is CCNC(=NCC(C)(O)c1ccco1)N1CCC(CN2CCOCC2)C1. The van der Waals surface area contributed by atoms with Gasteiger partial charge < -0.3 is 24.5 Å². The van der Waals surface area contributed by atoms with E-state index < -0.39 is 5.60 Å². The van der Waals surface area contributed by atoms with Gasteiger partial charge in [-0.3, -0.25) is 4.90 Å². The maximum absolute atomic E-state index is 10.6. The van der Waals surface area contributed by atoms with Crippen LogP contribution >= 0.6 is 0 Å². The van der Waals surface area contributed by atoms with Crippen LogP contribution in [0.15, 0.2) is 27.8 Å². The molecule has 7 heteroatoms. The van der Waals surface area contributed by atoms with Crippen molar-refractivity contribution in [1.29, 1.82) is 0 Å². The third kappa shape index (κ3) is 4.99. The maximum atomic E-state index is 10.6. The molecule has 2 N–H and O–H groups in total. The monoisotopic (exact) mass is 364 g/mol. The Morgan fingerprint density at radius 3 is 2.88 bits per heavy atom. The minimum Gasteiger partial charge on any atom is -0.466 e. The Labute approximate surface area is 156 Å². The number of nitrogens with one attached hydrogen (secondary N) is 1. The first kappa shape index (κ1) is 19.2. The lowest BCUT2D eigenvalue weighted by atomic mass is 10.0. The predicted molar refractivity (Wildman–Crippen MR) is 101 cm³/mol. The standard InChI is InChI=1S/C19H32N4O3/c1-3-20-18(21-15-19(2,24)17-5-4-10-26-17)23-7-6-16(14-23)13-22-8-11-25-12-9-22/h4-5,10,16,24H,3,6-9,11-15H2,1-2H3,(H,20,21). The number of nitrogens with zero attached hydrogens (tertiary/aromatic N) is 3. The summed E-state index contributed by atoms with van der Waals surface area (Å²) < 4.78 is 10.8. The largest absolute Gasteiger partial charge is 0.466 e. The highest BCUT2D eigenvalue weighted by atomic mass is 16.5. The molecule has 2 aliphatic heterocycles. The average Bonchev–Trinajstić information content (AvgIpc) is 3.32. The van der Waals surface area contributed by atoms with Crippen LogP contribution in [0.3, 0.4) is 0 Å². The lowest BCUT2D eigenvalue weighted by molar-refractivity contribution is 0.0315. The van der Waals surface area contributed by atoms with Gasteiger partial charge in [0, 0.05) is 39.3 Å². The quantitative estimate of drug-likeness (QED) is 0.582. The molecule has 2 aliphatic rings. The van der Waals surface area contributed by atoms with Crippen LogP contribution in [-0.4, -0.2) is 79.9 Å². The molecular weight excluding hydrogens is 332 g/mol. The summed E-state index contributed by atoms with van der Waals surface area (Å²) in [4.78, 5) is 9.51. The number of hydrogen-bond donors (Lipinski definition) is 2. The van der Waals surface area contributed by atoms with Crippen LogP contribution in [0, 0.1) is 5.92 Å². The number of rotatable bonds is 6. The lowest BCUT2D eigenvalue weighted by Gasteiger charge is -2.29. The van der Waals surface area contributed by atoms with E-state index in [4.69, 9.17) is 14.1 Å². The smallest absolute Gasteiger partial charge is 0.194 e. The molecule has 0 amide bonds. The molecule has 2 atom stereocenters. The number of hydrogen-bond acceptors (Lipinski definition) is 5. The molecule has 0 aliphatic carbocycles. The zero-order valence-electron chi connectivity index (χ0n) is 16.0. The lowest BCUT2D eigenvalue weighted by Crippen LogP contribution is -2.43. The maximum Gasteiger partial charge on any atom is 0.194 e. The van der Waals surface area contributed by atoms with Crippen molar-refractivity contribution in [1.82, 2.24) is 15.1 Å². The van der Waals surface area contributed by atoms with Crippen LogP contribution in [0.1, 0.15) is 26.0 Å². The summed E-state index contributed by atoms with van der Waals surface area (Å²) in [5.74, 6) is 2.08. The molecule has 26 heavy (non-hydrogen) atoms. The molecule has 0 radical (unpaired) electrons. The minimum absolute atomic E-state index is 0.271. The number of aliphatic imine (C=N–C) groups is 1. The van der Waals surface area contributed by atoms with E-state index in [1.807, 2.05) is 0 Å². The second-order valence-electron chi connectivity index (χ2n) is 7.44. The zero-order chi connectivity index (χ0) is 18.4. The molecular formula is C19H32N4O3. The van der Waals surface area contributed by atoms with Gasteiger partial charge in [-0.05, 0) is 38.3 Å². The Balaban J connectivity index is 1.57. The van der Waals surface area contributed by atoms with E-state index in [1.54, 1.807) is 25.3 Å². The fraction of sp³-hybridized carbons (Fsp3) is 0.737. The number of likely N-dealkylation sites (tertiary alicyclic amines) is 1. The van der Waals surface area contributed by atoms with Gasteiger partial charge in [0.25, 0.3) is 0 Å². The van der Waals surface area contributed by atoms with Crippen LogP contribution < -0.4 is 5.32 Å². The average molecular weight is 364 g/mol. The van der Waals surface area contributed by atoms with E-state index in [9.17, 15) is 5.11 Å². The highest BCUT2D eigenvalue weighted by Gasteiger charge is 2.29. The molecule has 1 aromatic heterocycles. The molecule has 3 rings (SSSR count). The van der Waals surface area contributed by atoms with E-state index >= 15 is 0 Å². The Kier molecular flexibility index (Phi) is 6.56. The summed E-state index contributed by atoms with van der Waals surface area (Å²) >= 11 is 0. The first-order valence-electron chi connectivity index (χ1n) is 9.68. The predicted octanol–water partition coefficient (Wildman–Crippen LogP) is 1.11. The second kappa shape index (κ2) is 8.88. The zero-order valence-corrected chi connectivity index (χ0v) is 16.0. The number of furan rings is 1. The summed E-state index contributed by atoms with van der Waals surface area (Å²) in [6, 6.07) is 3.58. The highest BCUT2D eigenvalue weighted by molar-refractivity contribution is 5.80. The summed E-state index contributed by atoms with van der Waals surface area (Å²) in [5, 5.41) is 14.0. The van der Waals surface area contributed by atoms with Gasteiger partial charge in [0.05, 0.1) is 26.0 Å². The molecule has 0 bridgehead atoms. The van der Waals surface area contributed by atoms with Gasteiger partial charge in [-0.1, -0.05) is 0 Å². The third-order valence-electron chi connectivity index (χ3n) is 5.13. The van der Waals surface area contributed by atoms with Gasteiger partial charge in [0.1, 0.15) is 11.4 Å². The van der Waals surface area contributed by atoms with E-state index in [0.29, 0.717) is 11.7 Å². The van der Waals surface area contributed by atoms with Crippen molar-refractivity contribution in [3.63, 3.8) is 0 Å². The first-order valence-corrected chi connectivity index (χ1v) is 9.68. The molecule has 2 fully saturated rings. The minimum atomic E-state index is -1.10. The second-order valence-corrected chi connectivity index (χ2v) is 7.44. The van der Waals surface area contributed by atoms with Crippen molar-refractivity contribution in [2.45, 2.75) is 25.9 Å². The molecule has 3 heterocycles. The van der Waals surface area contributed by atoms with E-state index in [0.717, 1.165) is 58.4 Å². The Hall–Kier alpha value is -1.57. The van der Waals surface area contributed by atoms with Crippen LogP contribution in [0.5, 0.6) is 0 Å². The number of ether oxygens (including phenoxy) is 1. The summed E-state index contributed by atoms with van der Waals surface area (Å²) in [6.45, 7) is 11.8. The third-order valence-corrected chi connectivity index (χ3v) is 5.13. The van der Waals surface area contributed by atoms with Crippen LogP contribution in [-0.2, 0) is 10.3 Å². The molecule has 2 unspecified atom stereocenters. The molecule has 0 spiro atoms. The highest BCUT2D eigenvalue weighted by Crippen LogP contribution is 2.22. The van der Waals surface area contributed by atoms with E-state index in [1.165, 1.54) is 6.42 Å². The van der Waals surface area contributed by atoms with Gasteiger partial charge in [0.15, 0.2) is 5.96 Å². The molecule has 2 saturated heterocycles. The first-order chi connectivity index (χ1) is 12.6. The Bertz CT molecular complexity index is 567. The van der Waals surface area contributed by atoms with Crippen molar-refractivity contribution in [2.75, 3.05) is 59.0 Å². The van der Waals surface area contributed by atoms with Gasteiger partial charge in [-0.25, -0.2) is 4.99 Å². The van der Waals surface area contributed by atoms with Crippen LogP contribution in [0.2, 0.25) is 0 Å². The van der Waals surface area contributed by atoms with Crippen molar-refractivity contribution in [3.8, 4) is 0 Å². The number of morpholine rings is 1. The van der Waals surface area contributed by atoms with E-state index in [-0.39, 0.29) is 6.54 Å². The summed E-state index contributed by atoms with van der Waals surface area (Å²) in [6.07, 6.45) is 2.76. The topological polar surface area (TPSA) is 73.5 Å². The summed E-state index contributed by atoms with van der Waals surface area (Å²) in [5.41, 5.74) is -1.10. The van der Waals surface area contributed by atoms with Crippen molar-refractivity contribution < 1.29 is 14.3 Å². The van der Waals surface area contributed by atoms with Crippen LogP contribution in [0.25, 0.3) is 0 Å². The van der Waals surface area contributed by atoms with Crippen molar-refractivity contribution in [2.24, 2.45) is 10.9 Å². The molecule has 146 valence electrons. The van der Waals surface area contributed by atoms with Gasteiger partial charge in [-0.2, -0.15) is 0 Å². The number of guanidine groups is 1. The normalized spacial score (nSPS) is 24.7. The van der Waals surface area contributed by atoms with Gasteiger partial charge in [-0.15, -0.1) is 0 Å². The fourth-order valence-corrected chi connectivity index (χ4v) is 3.64. The fourth-order valence-electron chi connectivity index (χ4n) is 3.64. The summed E-state index contributed by atoms with van der Waals surface area (Å²) in [7, 11) is 0. The van der Waals surface area contributed by atoms with Crippen LogP contribution in [0.4, 0.5) is 0 Å². The molecule has 0 saturated carbocycles. The molecule has 0 aromatic carbocycles.